The van der Waals surface area contributed by atoms with Crippen molar-refractivity contribution in [2.24, 2.45) is 7.05 Å². The van der Waals surface area contributed by atoms with Crippen LogP contribution in [0.4, 0.5) is 14.5 Å². The molecule has 0 radical (unpaired) electrons. The molecule has 0 aliphatic heterocycles. The number of hydrogen-bond donors (Lipinski definition) is 1. The summed E-state index contributed by atoms with van der Waals surface area (Å²) in [5.74, 6) is 0.411. The molecule has 1 N–H and O–H groups in total. The first-order valence-corrected chi connectivity index (χ1v) is 8.50. The van der Waals surface area contributed by atoms with Crippen LogP contribution in [0.3, 0.4) is 0 Å². The topological polar surface area (TPSA) is 56.1 Å². The van der Waals surface area contributed by atoms with Gasteiger partial charge >= 0.3 is 0 Å². The number of aromatic nitrogens is 2. The van der Waals surface area contributed by atoms with E-state index >= 15 is 0 Å². The van der Waals surface area contributed by atoms with Gasteiger partial charge in [-0.1, -0.05) is 20.8 Å². The van der Waals surface area contributed by atoms with Crippen molar-refractivity contribution in [1.29, 1.82) is 0 Å². The Morgan fingerprint density at radius 2 is 2.12 bits per heavy atom. The number of rotatable bonds is 4. The van der Waals surface area contributed by atoms with Crippen LogP contribution in [0.5, 0.6) is 5.75 Å². The van der Waals surface area contributed by atoms with E-state index in [1.807, 2.05) is 6.07 Å². The average Bonchev–Trinajstić information content (AvgIpc) is 3.06. The molecule has 0 spiro atoms. The maximum atomic E-state index is 13.2. The maximum absolute atomic E-state index is 13.2. The highest BCUT2D eigenvalue weighted by molar-refractivity contribution is 6.05. The van der Waals surface area contributed by atoms with Crippen molar-refractivity contribution >= 4 is 11.6 Å². The summed E-state index contributed by atoms with van der Waals surface area (Å²) in [6.45, 7) is 6.37. The smallest absolute Gasteiger partial charge is 0.280 e. The van der Waals surface area contributed by atoms with Gasteiger partial charge in [0, 0.05) is 18.3 Å². The molecule has 1 aromatic heterocycles. The minimum absolute atomic E-state index is 0.0940. The molecule has 7 heteroatoms. The number of benzene rings is 1. The van der Waals surface area contributed by atoms with Crippen LogP contribution in [0.2, 0.25) is 0 Å². The number of amides is 1. The molecule has 1 aromatic carbocycles. The van der Waals surface area contributed by atoms with Gasteiger partial charge in [0.1, 0.15) is 11.4 Å². The average molecular weight is 363 g/mol. The molecule has 0 fully saturated rings. The van der Waals surface area contributed by atoms with Crippen molar-refractivity contribution in [2.75, 3.05) is 12.4 Å². The molecule has 0 saturated carbocycles. The van der Waals surface area contributed by atoms with E-state index in [0.29, 0.717) is 5.69 Å². The van der Waals surface area contributed by atoms with E-state index in [-0.39, 0.29) is 22.6 Å². The standard InChI is InChI=1S/C19H23F2N3O2/c1-10-8-19(2,3)15-13(26-5)7-6-12(14(10)15)23-18(25)11-9-22-24(4)16(11)17(20)21/h6-7,9-10,17H,8H2,1-5H3,(H,23,25). The van der Waals surface area contributed by atoms with Crippen molar-refractivity contribution in [3.05, 3.63) is 40.7 Å². The van der Waals surface area contributed by atoms with Gasteiger partial charge in [-0.15, -0.1) is 0 Å². The highest BCUT2D eigenvalue weighted by Crippen LogP contribution is 2.52. The van der Waals surface area contributed by atoms with E-state index in [1.54, 1.807) is 13.2 Å². The summed E-state index contributed by atoms with van der Waals surface area (Å²) in [5.41, 5.74) is 2.10. The molecule has 0 bridgehead atoms. The van der Waals surface area contributed by atoms with Crippen molar-refractivity contribution in [2.45, 2.75) is 45.0 Å². The van der Waals surface area contributed by atoms with E-state index in [0.717, 1.165) is 28.0 Å². The number of ether oxygens (including phenoxy) is 1. The maximum Gasteiger partial charge on any atom is 0.280 e. The number of anilines is 1. The third-order valence-electron chi connectivity index (χ3n) is 5.10. The number of aryl methyl sites for hydroxylation is 1. The van der Waals surface area contributed by atoms with Gasteiger partial charge in [-0.2, -0.15) is 5.10 Å². The van der Waals surface area contributed by atoms with Crippen LogP contribution in [0.15, 0.2) is 18.3 Å². The Labute approximate surface area is 151 Å². The normalized spacial score (nSPS) is 18.1. The van der Waals surface area contributed by atoms with Crippen LogP contribution in [-0.4, -0.2) is 22.8 Å². The van der Waals surface area contributed by atoms with Crippen LogP contribution in [-0.2, 0) is 12.5 Å². The van der Waals surface area contributed by atoms with E-state index in [4.69, 9.17) is 4.74 Å². The third kappa shape index (κ3) is 2.85. The number of nitrogens with zero attached hydrogens (tertiary/aromatic N) is 2. The van der Waals surface area contributed by atoms with E-state index < -0.39 is 12.3 Å². The Morgan fingerprint density at radius 3 is 2.73 bits per heavy atom. The molecule has 1 heterocycles. The van der Waals surface area contributed by atoms with Gasteiger partial charge in [0.25, 0.3) is 12.3 Å². The first-order valence-electron chi connectivity index (χ1n) is 8.50. The number of hydrogen-bond acceptors (Lipinski definition) is 3. The summed E-state index contributed by atoms with van der Waals surface area (Å²) < 4.78 is 33.0. The van der Waals surface area contributed by atoms with Gasteiger partial charge in [-0.25, -0.2) is 8.78 Å². The molecule has 1 unspecified atom stereocenters. The summed E-state index contributed by atoms with van der Waals surface area (Å²) in [6.07, 6.45) is -0.683. The first kappa shape index (κ1) is 18.4. The van der Waals surface area contributed by atoms with Crippen molar-refractivity contribution in [3.63, 3.8) is 0 Å². The predicted molar refractivity (Wildman–Crippen MR) is 95.2 cm³/mol. The molecule has 1 atom stereocenters. The molecular formula is C19H23F2N3O2. The van der Waals surface area contributed by atoms with Crippen LogP contribution in [0, 0.1) is 0 Å². The van der Waals surface area contributed by atoms with Crippen LogP contribution < -0.4 is 10.1 Å². The zero-order valence-corrected chi connectivity index (χ0v) is 15.6. The number of fused-ring (bicyclic) bond motifs is 1. The molecule has 1 aliphatic rings. The first-order chi connectivity index (χ1) is 12.2. The number of carbonyl (C=O) groups is 1. The van der Waals surface area contributed by atoms with Crippen LogP contribution in [0.25, 0.3) is 0 Å². The minimum atomic E-state index is -2.78. The summed E-state index contributed by atoms with van der Waals surface area (Å²) in [4.78, 5) is 12.6. The molecule has 5 nitrogen and oxygen atoms in total. The van der Waals surface area contributed by atoms with E-state index in [9.17, 15) is 13.6 Å². The Balaban J connectivity index is 2.03. The van der Waals surface area contributed by atoms with Crippen molar-refractivity contribution in [3.8, 4) is 5.75 Å². The Bertz CT molecular complexity index is 859. The lowest BCUT2D eigenvalue weighted by Crippen LogP contribution is -2.17. The fraction of sp³-hybridized carbons (Fsp3) is 0.474. The molecule has 26 heavy (non-hydrogen) atoms. The van der Waals surface area contributed by atoms with E-state index in [2.05, 4.69) is 31.2 Å². The van der Waals surface area contributed by atoms with Gasteiger partial charge in [-0.05, 0) is 35.4 Å². The number of methoxy groups -OCH3 is 1. The fourth-order valence-corrected chi connectivity index (χ4v) is 4.13. The number of carbonyl (C=O) groups excluding carboxylic acids is 1. The van der Waals surface area contributed by atoms with Crippen molar-refractivity contribution in [1.82, 2.24) is 9.78 Å². The van der Waals surface area contributed by atoms with Crippen molar-refractivity contribution < 1.29 is 18.3 Å². The summed E-state index contributed by atoms with van der Waals surface area (Å²) >= 11 is 0. The molecule has 3 rings (SSSR count). The van der Waals surface area contributed by atoms with Gasteiger partial charge in [0.15, 0.2) is 0 Å². The molecule has 1 amide bonds. The third-order valence-corrected chi connectivity index (χ3v) is 5.10. The van der Waals surface area contributed by atoms with Crippen LogP contribution in [0.1, 0.15) is 66.7 Å². The molecule has 1 aliphatic carbocycles. The van der Waals surface area contributed by atoms with Gasteiger partial charge in [0.2, 0.25) is 0 Å². The summed E-state index contributed by atoms with van der Waals surface area (Å²) in [5, 5.41) is 6.60. The number of nitrogens with one attached hydrogen (secondary N) is 1. The largest absolute Gasteiger partial charge is 0.496 e. The lowest BCUT2D eigenvalue weighted by atomic mass is 9.85. The monoisotopic (exact) mass is 363 g/mol. The fourth-order valence-electron chi connectivity index (χ4n) is 4.13. The second-order valence-electron chi connectivity index (χ2n) is 7.42. The Morgan fingerprint density at radius 1 is 1.42 bits per heavy atom. The highest BCUT2D eigenvalue weighted by Gasteiger charge is 2.39. The summed E-state index contributed by atoms with van der Waals surface area (Å²) in [6, 6.07) is 3.58. The minimum Gasteiger partial charge on any atom is -0.496 e. The lowest BCUT2D eigenvalue weighted by Gasteiger charge is -2.22. The zero-order valence-electron chi connectivity index (χ0n) is 15.6. The number of halogens is 2. The molecule has 140 valence electrons. The predicted octanol–water partition coefficient (Wildman–Crippen LogP) is 4.40. The Hall–Kier alpha value is -2.44. The van der Waals surface area contributed by atoms with E-state index in [1.165, 1.54) is 13.2 Å². The zero-order chi connectivity index (χ0) is 19.2. The quantitative estimate of drug-likeness (QED) is 0.876. The van der Waals surface area contributed by atoms with Gasteiger partial charge in [0.05, 0.1) is 18.9 Å². The Kier molecular flexibility index (Phi) is 4.50. The second kappa shape index (κ2) is 6.37. The molecule has 0 saturated heterocycles. The van der Waals surface area contributed by atoms with Gasteiger partial charge < -0.3 is 10.1 Å². The summed E-state index contributed by atoms with van der Waals surface area (Å²) in [7, 11) is 3.02. The lowest BCUT2D eigenvalue weighted by molar-refractivity contribution is 0.100. The molecule has 2 aromatic rings. The van der Waals surface area contributed by atoms with Crippen LogP contribution >= 0.6 is 0 Å². The SMILES string of the molecule is COc1ccc(NC(=O)c2cnn(C)c2C(F)F)c2c1C(C)(C)CC2C. The second-order valence-corrected chi connectivity index (χ2v) is 7.42. The highest BCUT2D eigenvalue weighted by atomic mass is 19.3. The van der Waals surface area contributed by atoms with Gasteiger partial charge in [-0.3, -0.25) is 9.48 Å². The molecular weight excluding hydrogens is 340 g/mol. The number of alkyl halides is 2.